The van der Waals surface area contributed by atoms with E-state index < -0.39 is 9.84 Å². The summed E-state index contributed by atoms with van der Waals surface area (Å²) >= 11 is 0. The third-order valence-electron chi connectivity index (χ3n) is 2.96. The molecule has 0 N–H and O–H groups in total. The first-order valence-corrected chi connectivity index (χ1v) is 7.73. The first-order chi connectivity index (χ1) is 6.97. The van der Waals surface area contributed by atoms with E-state index in [-0.39, 0.29) is 5.75 Å². The predicted molar refractivity (Wildman–Crippen MR) is 60.5 cm³/mol. The fourth-order valence-electron chi connectivity index (χ4n) is 2.16. The number of hydrogen-bond acceptors (Lipinski definition) is 3. The molecule has 0 aromatic carbocycles. The molecular weight excluding hydrogens is 212 g/mol. The van der Waals surface area contributed by atoms with Gasteiger partial charge in [-0.2, -0.15) is 0 Å². The van der Waals surface area contributed by atoms with E-state index in [4.69, 9.17) is 0 Å². The van der Waals surface area contributed by atoms with E-state index in [9.17, 15) is 13.2 Å². The molecule has 0 aliphatic heterocycles. The maximum atomic E-state index is 11.3. The fraction of sp³-hybridized carbons (Fsp3) is 0.909. The van der Waals surface area contributed by atoms with Gasteiger partial charge in [-0.05, 0) is 25.2 Å². The van der Waals surface area contributed by atoms with Crippen LogP contribution < -0.4 is 0 Å². The number of Topliss-reactive ketones (excluding diaryl/α,β-unsaturated/α-hetero) is 1. The Bertz CT molecular complexity index is 306. The Balaban J connectivity index is 2.28. The van der Waals surface area contributed by atoms with E-state index in [1.54, 1.807) is 0 Å². The molecule has 0 aromatic heterocycles. The normalized spacial score (nSPS) is 23.8. The van der Waals surface area contributed by atoms with E-state index in [0.717, 1.165) is 32.1 Å². The number of carbonyl (C=O) groups excluding carboxylic acids is 1. The first-order valence-electron chi connectivity index (χ1n) is 5.67. The number of hydrogen-bond donors (Lipinski definition) is 0. The molecule has 0 spiro atoms. The molecule has 1 fully saturated rings. The Morgan fingerprint density at radius 1 is 1.33 bits per heavy atom. The second-order valence-electron chi connectivity index (χ2n) is 4.63. The minimum Gasteiger partial charge on any atom is -0.300 e. The lowest BCUT2D eigenvalue weighted by atomic mass is 9.95. The number of sulfone groups is 1. The van der Waals surface area contributed by atoms with Crippen molar-refractivity contribution in [3.63, 3.8) is 0 Å². The highest BCUT2D eigenvalue weighted by Crippen LogP contribution is 2.24. The quantitative estimate of drug-likeness (QED) is 0.696. The largest absolute Gasteiger partial charge is 0.300 e. The maximum absolute atomic E-state index is 11.3. The van der Waals surface area contributed by atoms with E-state index in [1.165, 1.54) is 6.26 Å². The van der Waals surface area contributed by atoms with Crippen LogP contribution in [0.15, 0.2) is 0 Å². The number of carbonyl (C=O) groups is 1. The van der Waals surface area contributed by atoms with Crippen molar-refractivity contribution in [2.24, 2.45) is 5.92 Å². The van der Waals surface area contributed by atoms with Crippen molar-refractivity contribution in [2.75, 3.05) is 12.0 Å². The topological polar surface area (TPSA) is 51.2 Å². The number of ketones is 1. The van der Waals surface area contributed by atoms with Crippen LogP contribution in [0.4, 0.5) is 0 Å². The lowest BCUT2D eigenvalue weighted by molar-refractivity contribution is -0.119. The SMILES string of the molecule is CS(=O)(=O)CCCC1CCCCC(=O)C1. The summed E-state index contributed by atoms with van der Waals surface area (Å²) in [6.07, 6.45) is 7.49. The second-order valence-corrected chi connectivity index (χ2v) is 6.89. The Morgan fingerprint density at radius 3 is 2.73 bits per heavy atom. The lowest BCUT2D eigenvalue weighted by Crippen LogP contribution is -2.09. The Morgan fingerprint density at radius 2 is 2.07 bits per heavy atom. The standard InChI is InChI=1S/C11H20O3S/c1-15(13,14)8-4-6-10-5-2-3-7-11(12)9-10/h10H,2-9H2,1H3. The molecule has 0 radical (unpaired) electrons. The third kappa shape index (κ3) is 5.92. The molecule has 1 aliphatic rings. The highest BCUT2D eigenvalue weighted by molar-refractivity contribution is 7.90. The lowest BCUT2D eigenvalue weighted by Gasteiger charge is -2.12. The van der Waals surface area contributed by atoms with Crippen molar-refractivity contribution in [3.8, 4) is 0 Å². The van der Waals surface area contributed by atoms with Crippen molar-refractivity contribution in [3.05, 3.63) is 0 Å². The van der Waals surface area contributed by atoms with Gasteiger partial charge in [-0.3, -0.25) is 4.79 Å². The molecular formula is C11H20O3S. The van der Waals surface area contributed by atoms with Crippen LogP contribution >= 0.6 is 0 Å². The Kier molecular flexibility index (Phi) is 4.77. The molecule has 0 amide bonds. The van der Waals surface area contributed by atoms with Gasteiger partial charge in [-0.1, -0.05) is 12.8 Å². The summed E-state index contributed by atoms with van der Waals surface area (Å²) in [6, 6.07) is 0. The van der Waals surface area contributed by atoms with Gasteiger partial charge >= 0.3 is 0 Å². The van der Waals surface area contributed by atoms with Crippen LogP contribution in [0, 0.1) is 5.92 Å². The average Bonchev–Trinajstić information content (AvgIpc) is 2.27. The van der Waals surface area contributed by atoms with Gasteiger partial charge < -0.3 is 0 Å². The van der Waals surface area contributed by atoms with Crippen LogP contribution in [-0.4, -0.2) is 26.2 Å². The van der Waals surface area contributed by atoms with E-state index in [1.807, 2.05) is 0 Å². The molecule has 15 heavy (non-hydrogen) atoms. The zero-order valence-electron chi connectivity index (χ0n) is 9.37. The van der Waals surface area contributed by atoms with Crippen LogP contribution in [0.1, 0.15) is 44.9 Å². The van der Waals surface area contributed by atoms with Crippen LogP contribution in [0.2, 0.25) is 0 Å². The minimum absolute atomic E-state index is 0.262. The van der Waals surface area contributed by atoms with E-state index in [2.05, 4.69) is 0 Å². The fourth-order valence-corrected chi connectivity index (χ4v) is 2.85. The van der Waals surface area contributed by atoms with Crippen molar-refractivity contribution >= 4 is 15.6 Å². The molecule has 88 valence electrons. The van der Waals surface area contributed by atoms with Crippen LogP contribution in [0.3, 0.4) is 0 Å². The zero-order chi connectivity index (χ0) is 11.3. The predicted octanol–water partition coefficient (Wildman–Crippen LogP) is 1.96. The van der Waals surface area contributed by atoms with Gasteiger partial charge in [0.25, 0.3) is 0 Å². The van der Waals surface area contributed by atoms with Crippen molar-refractivity contribution in [2.45, 2.75) is 44.9 Å². The molecule has 1 unspecified atom stereocenters. The summed E-state index contributed by atoms with van der Waals surface area (Å²) in [5, 5.41) is 0. The average molecular weight is 232 g/mol. The van der Waals surface area contributed by atoms with Gasteiger partial charge in [0.2, 0.25) is 0 Å². The molecule has 0 aromatic rings. The van der Waals surface area contributed by atoms with Gasteiger partial charge in [-0.25, -0.2) is 8.42 Å². The number of rotatable bonds is 4. The summed E-state index contributed by atoms with van der Waals surface area (Å²) in [5.41, 5.74) is 0. The summed E-state index contributed by atoms with van der Waals surface area (Å²) in [4.78, 5) is 11.3. The van der Waals surface area contributed by atoms with Crippen molar-refractivity contribution in [1.29, 1.82) is 0 Å². The van der Waals surface area contributed by atoms with Gasteiger partial charge in [0.15, 0.2) is 0 Å². The van der Waals surface area contributed by atoms with Crippen molar-refractivity contribution in [1.82, 2.24) is 0 Å². The van der Waals surface area contributed by atoms with Crippen molar-refractivity contribution < 1.29 is 13.2 Å². The van der Waals surface area contributed by atoms with E-state index >= 15 is 0 Å². The second kappa shape index (κ2) is 5.64. The van der Waals surface area contributed by atoms with Crippen LogP contribution in [0.5, 0.6) is 0 Å². The molecule has 1 saturated carbocycles. The molecule has 4 heteroatoms. The minimum atomic E-state index is -2.83. The monoisotopic (exact) mass is 232 g/mol. The molecule has 3 nitrogen and oxygen atoms in total. The van der Waals surface area contributed by atoms with Crippen LogP contribution in [-0.2, 0) is 14.6 Å². The Labute approximate surface area is 92.2 Å². The summed E-state index contributed by atoms with van der Waals surface area (Å²) in [6.45, 7) is 0. The first kappa shape index (κ1) is 12.7. The summed E-state index contributed by atoms with van der Waals surface area (Å²) in [7, 11) is -2.83. The Hall–Kier alpha value is -0.380. The third-order valence-corrected chi connectivity index (χ3v) is 3.99. The molecule has 1 aliphatic carbocycles. The van der Waals surface area contributed by atoms with Gasteiger partial charge in [0.1, 0.15) is 15.6 Å². The molecule has 1 rings (SSSR count). The van der Waals surface area contributed by atoms with E-state index in [0.29, 0.717) is 24.5 Å². The van der Waals surface area contributed by atoms with Gasteiger partial charge in [0, 0.05) is 24.9 Å². The zero-order valence-corrected chi connectivity index (χ0v) is 10.2. The summed E-state index contributed by atoms with van der Waals surface area (Å²) in [5.74, 6) is 1.05. The highest BCUT2D eigenvalue weighted by atomic mass is 32.2. The van der Waals surface area contributed by atoms with Gasteiger partial charge in [-0.15, -0.1) is 0 Å². The molecule has 1 atom stereocenters. The molecule has 0 heterocycles. The van der Waals surface area contributed by atoms with Gasteiger partial charge in [0.05, 0.1) is 0 Å². The highest BCUT2D eigenvalue weighted by Gasteiger charge is 2.17. The summed E-state index contributed by atoms with van der Waals surface area (Å²) < 4.78 is 21.9. The molecule has 0 bridgehead atoms. The maximum Gasteiger partial charge on any atom is 0.147 e. The smallest absolute Gasteiger partial charge is 0.147 e. The molecule has 0 saturated heterocycles. The van der Waals surface area contributed by atoms with Crippen LogP contribution in [0.25, 0.3) is 0 Å².